The summed E-state index contributed by atoms with van der Waals surface area (Å²) < 4.78 is 18.1. The highest BCUT2D eigenvalue weighted by Crippen LogP contribution is 2.36. The number of fused-ring (bicyclic) bond motifs is 1. The Morgan fingerprint density at radius 1 is 1.20 bits per heavy atom. The zero-order valence-electron chi connectivity index (χ0n) is 19.8. The third-order valence-electron chi connectivity index (χ3n) is 5.60. The van der Waals surface area contributed by atoms with E-state index < -0.39 is 12.0 Å². The number of hydrogen-bond donors (Lipinski definition) is 0. The molecule has 4 rings (SSSR count). The Labute approximate surface area is 211 Å². The van der Waals surface area contributed by atoms with Crippen LogP contribution in [0.2, 0.25) is 5.02 Å². The molecule has 182 valence electrons. The van der Waals surface area contributed by atoms with Gasteiger partial charge in [-0.25, -0.2) is 9.79 Å². The van der Waals surface area contributed by atoms with Crippen molar-refractivity contribution in [2.75, 3.05) is 20.8 Å². The Hall–Kier alpha value is -3.36. The number of methoxy groups -OCH3 is 2. The minimum atomic E-state index is -0.643. The fourth-order valence-corrected chi connectivity index (χ4v) is 5.41. The predicted molar refractivity (Wildman–Crippen MR) is 136 cm³/mol. The molecule has 0 saturated carbocycles. The molecule has 0 spiro atoms. The van der Waals surface area contributed by atoms with E-state index >= 15 is 0 Å². The molecule has 0 radical (unpaired) electrons. The molecular formula is C26H25ClN2O5S. The van der Waals surface area contributed by atoms with E-state index in [9.17, 15) is 9.59 Å². The van der Waals surface area contributed by atoms with E-state index in [0.717, 1.165) is 5.56 Å². The van der Waals surface area contributed by atoms with E-state index in [2.05, 4.69) is 4.99 Å². The molecule has 1 aromatic heterocycles. The average molecular weight is 513 g/mol. The zero-order chi connectivity index (χ0) is 25.1. The summed E-state index contributed by atoms with van der Waals surface area (Å²) in [6.45, 7) is 4.23. The largest absolute Gasteiger partial charge is 0.491 e. The Balaban J connectivity index is 1.96. The monoisotopic (exact) mass is 512 g/mol. The number of esters is 1. The zero-order valence-corrected chi connectivity index (χ0v) is 21.4. The van der Waals surface area contributed by atoms with Crippen molar-refractivity contribution in [3.63, 3.8) is 0 Å². The van der Waals surface area contributed by atoms with Gasteiger partial charge in [-0.2, -0.15) is 0 Å². The maximum atomic E-state index is 13.7. The van der Waals surface area contributed by atoms with Gasteiger partial charge in [0.05, 0.1) is 47.7 Å². The topological polar surface area (TPSA) is 79.1 Å². The molecule has 0 bridgehead atoms. The number of ether oxygens (including phenoxy) is 3. The van der Waals surface area contributed by atoms with Crippen molar-refractivity contribution in [2.45, 2.75) is 26.3 Å². The fourth-order valence-electron chi connectivity index (χ4n) is 4.10. The number of thiazole rings is 1. The second kappa shape index (κ2) is 10.5. The summed E-state index contributed by atoms with van der Waals surface area (Å²) in [6.07, 6.45) is 2.26. The van der Waals surface area contributed by atoms with E-state index in [-0.39, 0.29) is 5.56 Å². The van der Waals surface area contributed by atoms with Gasteiger partial charge in [-0.15, -0.1) is 0 Å². The highest BCUT2D eigenvalue weighted by atomic mass is 35.5. The van der Waals surface area contributed by atoms with Gasteiger partial charge in [0.15, 0.2) is 16.3 Å². The van der Waals surface area contributed by atoms with Gasteiger partial charge >= 0.3 is 5.97 Å². The van der Waals surface area contributed by atoms with Crippen LogP contribution < -0.4 is 24.4 Å². The second-order valence-corrected chi connectivity index (χ2v) is 9.08. The van der Waals surface area contributed by atoms with Crippen LogP contribution in [-0.2, 0) is 9.53 Å². The Kier molecular flexibility index (Phi) is 7.42. The first-order chi connectivity index (χ1) is 16.9. The van der Waals surface area contributed by atoms with Gasteiger partial charge in [0.1, 0.15) is 0 Å². The number of rotatable bonds is 7. The molecule has 0 saturated heterocycles. The van der Waals surface area contributed by atoms with Crippen molar-refractivity contribution >= 4 is 35.0 Å². The Bertz CT molecular complexity index is 1470. The van der Waals surface area contributed by atoms with Gasteiger partial charge < -0.3 is 14.2 Å². The lowest BCUT2D eigenvalue weighted by atomic mass is 9.95. The summed E-state index contributed by atoms with van der Waals surface area (Å²) >= 11 is 7.66. The summed E-state index contributed by atoms with van der Waals surface area (Å²) in [7, 11) is 2.86. The van der Waals surface area contributed by atoms with E-state index in [4.69, 9.17) is 25.8 Å². The molecular weight excluding hydrogens is 488 g/mol. The van der Waals surface area contributed by atoms with Crippen molar-refractivity contribution in [1.29, 1.82) is 0 Å². The molecule has 0 aliphatic carbocycles. The number of carbonyl (C=O) groups excluding carboxylic acids is 1. The van der Waals surface area contributed by atoms with Crippen molar-refractivity contribution < 1.29 is 19.0 Å². The van der Waals surface area contributed by atoms with Crippen LogP contribution in [0.3, 0.4) is 0 Å². The minimum absolute atomic E-state index is 0.260. The number of aromatic nitrogens is 1. The third kappa shape index (κ3) is 4.63. The van der Waals surface area contributed by atoms with Gasteiger partial charge in [-0.3, -0.25) is 9.36 Å². The highest BCUT2D eigenvalue weighted by molar-refractivity contribution is 7.07. The van der Waals surface area contributed by atoms with E-state index in [1.807, 2.05) is 44.2 Å². The highest BCUT2D eigenvalue weighted by Gasteiger charge is 2.33. The van der Waals surface area contributed by atoms with E-state index in [1.165, 1.54) is 25.6 Å². The molecule has 0 unspecified atom stereocenters. The molecule has 0 N–H and O–H groups in total. The van der Waals surface area contributed by atoms with Crippen molar-refractivity contribution in [3.05, 3.63) is 89.6 Å². The molecule has 35 heavy (non-hydrogen) atoms. The SMILES string of the molecule is CCOc1cc(/C=c2\sc3n(c2=O)[C@@H](c2ccccc2)C(C(=O)OC)=C(CC)N=3)cc(Cl)c1OC. The maximum Gasteiger partial charge on any atom is 0.338 e. The number of benzene rings is 2. The Morgan fingerprint density at radius 3 is 2.57 bits per heavy atom. The predicted octanol–water partition coefficient (Wildman–Crippen LogP) is 3.86. The van der Waals surface area contributed by atoms with Crippen LogP contribution in [0, 0.1) is 0 Å². The lowest BCUT2D eigenvalue weighted by molar-refractivity contribution is -0.136. The van der Waals surface area contributed by atoms with Crippen molar-refractivity contribution in [1.82, 2.24) is 4.57 Å². The van der Waals surface area contributed by atoms with Crippen molar-refractivity contribution in [3.8, 4) is 11.5 Å². The van der Waals surface area contributed by atoms with Crippen LogP contribution in [0.4, 0.5) is 0 Å². The number of halogens is 1. The summed E-state index contributed by atoms with van der Waals surface area (Å²) in [4.78, 5) is 31.7. The fraction of sp³-hybridized carbons (Fsp3) is 0.269. The van der Waals surface area contributed by atoms with E-state index in [1.54, 1.807) is 22.8 Å². The van der Waals surface area contributed by atoms with Crippen LogP contribution >= 0.6 is 22.9 Å². The standard InChI is InChI=1S/C26H25ClN2O5S/c1-5-18-21(25(31)33-4)22(16-10-8-7-9-11-16)29-24(30)20(35-26(29)28-18)14-15-12-17(27)23(32-3)19(13-15)34-6-2/h7-14,22H,5-6H2,1-4H3/b20-14-/t22-/m0/s1. The van der Waals surface area contributed by atoms with Crippen LogP contribution in [-0.4, -0.2) is 31.4 Å². The number of nitrogens with zero attached hydrogens (tertiary/aromatic N) is 2. The summed E-state index contributed by atoms with van der Waals surface area (Å²) in [6, 6.07) is 12.3. The van der Waals surface area contributed by atoms with Gasteiger partial charge in [-0.1, -0.05) is 60.2 Å². The lowest BCUT2D eigenvalue weighted by Crippen LogP contribution is -2.40. The first-order valence-corrected chi connectivity index (χ1v) is 12.3. The number of carbonyl (C=O) groups is 1. The molecule has 1 aliphatic rings. The normalized spacial score (nSPS) is 15.5. The summed E-state index contributed by atoms with van der Waals surface area (Å²) in [5.41, 5.74) is 2.19. The minimum Gasteiger partial charge on any atom is -0.491 e. The molecule has 1 aliphatic heterocycles. The van der Waals surface area contributed by atoms with Crippen molar-refractivity contribution in [2.24, 2.45) is 4.99 Å². The molecule has 2 aromatic carbocycles. The smallest absolute Gasteiger partial charge is 0.338 e. The third-order valence-corrected chi connectivity index (χ3v) is 6.86. The van der Waals surface area contributed by atoms with Crippen LogP contribution in [0.1, 0.15) is 37.4 Å². The van der Waals surface area contributed by atoms with Crippen LogP contribution in [0.5, 0.6) is 11.5 Å². The maximum absolute atomic E-state index is 13.7. The summed E-state index contributed by atoms with van der Waals surface area (Å²) in [5.74, 6) is 0.425. The van der Waals surface area contributed by atoms with Gasteiger partial charge in [0, 0.05) is 0 Å². The van der Waals surface area contributed by atoms with Gasteiger partial charge in [0.2, 0.25) is 0 Å². The molecule has 2 heterocycles. The quantitative estimate of drug-likeness (QED) is 0.449. The first-order valence-electron chi connectivity index (χ1n) is 11.1. The molecule has 1 atom stereocenters. The molecule has 0 fully saturated rings. The number of allylic oxidation sites excluding steroid dienone is 1. The Morgan fingerprint density at radius 2 is 1.94 bits per heavy atom. The van der Waals surface area contributed by atoms with E-state index in [0.29, 0.717) is 55.7 Å². The van der Waals surface area contributed by atoms with Crippen LogP contribution in [0.25, 0.3) is 6.08 Å². The average Bonchev–Trinajstić information content (AvgIpc) is 3.17. The molecule has 3 aromatic rings. The lowest BCUT2D eigenvalue weighted by Gasteiger charge is -2.25. The second-order valence-electron chi connectivity index (χ2n) is 7.67. The first kappa shape index (κ1) is 24.8. The van der Waals surface area contributed by atoms with Crippen LogP contribution in [0.15, 0.2) is 63.5 Å². The van der Waals surface area contributed by atoms with Gasteiger partial charge in [-0.05, 0) is 42.7 Å². The molecule has 9 heteroatoms. The number of hydrogen-bond acceptors (Lipinski definition) is 7. The van der Waals surface area contributed by atoms with Gasteiger partial charge in [0.25, 0.3) is 5.56 Å². The molecule has 7 nitrogen and oxygen atoms in total. The molecule has 0 amide bonds. The summed E-state index contributed by atoms with van der Waals surface area (Å²) in [5, 5.41) is 0.376.